The highest BCUT2D eigenvalue weighted by Crippen LogP contribution is 2.21. The molecule has 6 heteroatoms. The van der Waals surface area contributed by atoms with Gasteiger partial charge < -0.3 is 4.90 Å². The predicted molar refractivity (Wildman–Crippen MR) is 84.7 cm³/mol. The molecule has 1 atom stereocenters. The summed E-state index contributed by atoms with van der Waals surface area (Å²) in [6, 6.07) is 5.52. The van der Waals surface area contributed by atoms with Crippen LogP contribution < -0.4 is 0 Å². The van der Waals surface area contributed by atoms with E-state index in [2.05, 4.69) is 16.2 Å². The SMILES string of the molecule is Cc1cnn(CC2CCCN2C(=O)c2ccc(C#N)c(C)n2)c1. The smallest absolute Gasteiger partial charge is 0.272 e. The zero-order valence-corrected chi connectivity index (χ0v) is 13.4. The number of carbonyl (C=O) groups excluding carboxylic acids is 1. The summed E-state index contributed by atoms with van der Waals surface area (Å²) in [6.07, 6.45) is 5.78. The molecule has 0 aliphatic carbocycles. The number of nitrogens with zero attached hydrogens (tertiary/aromatic N) is 5. The molecule has 1 amide bonds. The Hall–Kier alpha value is -2.68. The maximum Gasteiger partial charge on any atom is 0.272 e. The van der Waals surface area contributed by atoms with Crippen molar-refractivity contribution in [2.75, 3.05) is 6.54 Å². The van der Waals surface area contributed by atoms with Crippen molar-refractivity contribution < 1.29 is 4.79 Å². The zero-order valence-electron chi connectivity index (χ0n) is 13.4. The van der Waals surface area contributed by atoms with Crippen LogP contribution in [0.1, 0.15) is 40.2 Å². The molecule has 1 fully saturated rings. The van der Waals surface area contributed by atoms with Crippen LogP contribution in [-0.2, 0) is 6.54 Å². The highest BCUT2D eigenvalue weighted by Gasteiger charge is 2.30. The Kier molecular flexibility index (Phi) is 4.11. The molecule has 0 radical (unpaired) electrons. The van der Waals surface area contributed by atoms with E-state index in [4.69, 9.17) is 5.26 Å². The zero-order chi connectivity index (χ0) is 16.4. The topological polar surface area (TPSA) is 74.8 Å². The van der Waals surface area contributed by atoms with Crippen LogP contribution in [0.5, 0.6) is 0 Å². The van der Waals surface area contributed by atoms with Gasteiger partial charge in [0.25, 0.3) is 5.91 Å². The molecule has 1 aliphatic heterocycles. The number of aromatic nitrogens is 3. The van der Waals surface area contributed by atoms with E-state index in [9.17, 15) is 4.79 Å². The molecule has 3 rings (SSSR count). The van der Waals surface area contributed by atoms with Gasteiger partial charge in [-0.3, -0.25) is 9.48 Å². The molecule has 0 N–H and O–H groups in total. The monoisotopic (exact) mass is 309 g/mol. The molecule has 0 bridgehead atoms. The molecular formula is C17H19N5O. The fourth-order valence-corrected chi connectivity index (χ4v) is 3.02. The number of carbonyl (C=O) groups is 1. The Bertz CT molecular complexity index is 774. The molecule has 0 spiro atoms. The molecule has 1 unspecified atom stereocenters. The van der Waals surface area contributed by atoms with Crippen molar-refractivity contribution in [1.82, 2.24) is 19.7 Å². The number of likely N-dealkylation sites (tertiary alicyclic amines) is 1. The minimum atomic E-state index is -0.0658. The first-order valence-corrected chi connectivity index (χ1v) is 7.76. The molecule has 1 saturated heterocycles. The van der Waals surface area contributed by atoms with E-state index in [0.29, 0.717) is 23.5 Å². The van der Waals surface area contributed by atoms with Crippen molar-refractivity contribution in [3.8, 4) is 6.07 Å². The van der Waals surface area contributed by atoms with Gasteiger partial charge in [0.05, 0.1) is 30.0 Å². The second-order valence-corrected chi connectivity index (χ2v) is 5.98. The molecule has 118 valence electrons. The van der Waals surface area contributed by atoms with Gasteiger partial charge in [0.1, 0.15) is 11.8 Å². The van der Waals surface area contributed by atoms with E-state index in [1.165, 1.54) is 0 Å². The summed E-state index contributed by atoms with van der Waals surface area (Å²) in [5.74, 6) is -0.0658. The van der Waals surface area contributed by atoms with Crippen molar-refractivity contribution in [2.24, 2.45) is 0 Å². The Labute approximate surface area is 135 Å². The van der Waals surface area contributed by atoms with E-state index >= 15 is 0 Å². The molecule has 2 aromatic heterocycles. The molecule has 2 aromatic rings. The van der Waals surface area contributed by atoms with Gasteiger partial charge in [-0.15, -0.1) is 0 Å². The van der Waals surface area contributed by atoms with Crippen molar-refractivity contribution in [1.29, 1.82) is 5.26 Å². The summed E-state index contributed by atoms with van der Waals surface area (Å²) in [5.41, 5.74) is 2.62. The number of pyridine rings is 1. The fourth-order valence-electron chi connectivity index (χ4n) is 3.02. The first kappa shape index (κ1) is 15.2. The third kappa shape index (κ3) is 3.09. The average molecular weight is 309 g/mol. The Morgan fingerprint density at radius 2 is 2.26 bits per heavy atom. The second-order valence-electron chi connectivity index (χ2n) is 5.98. The fraction of sp³-hybridized carbons (Fsp3) is 0.412. The standard InChI is InChI=1S/C17H19N5O/c1-12-9-19-21(10-12)11-15-4-3-7-22(15)17(23)16-6-5-14(8-18)13(2)20-16/h5-6,9-10,15H,3-4,7,11H2,1-2H3. The van der Waals surface area contributed by atoms with E-state index in [1.54, 1.807) is 19.1 Å². The van der Waals surface area contributed by atoms with Crippen molar-refractivity contribution >= 4 is 5.91 Å². The van der Waals surface area contributed by atoms with Gasteiger partial charge in [-0.2, -0.15) is 10.4 Å². The number of rotatable bonds is 3. The highest BCUT2D eigenvalue weighted by atomic mass is 16.2. The van der Waals surface area contributed by atoms with Crippen LogP contribution >= 0.6 is 0 Å². The molecule has 6 nitrogen and oxygen atoms in total. The van der Waals surface area contributed by atoms with Gasteiger partial charge in [-0.1, -0.05) is 0 Å². The lowest BCUT2D eigenvalue weighted by Gasteiger charge is -2.24. The third-order valence-corrected chi connectivity index (χ3v) is 4.22. The first-order chi connectivity index (χ1) is 11.1. The third-order valence-electron chi connectivity index (χ3n) is 4.22. The molecule has 3 heterocycles. The minimum absolute atomic E-state index is 0.0658. The molecule has 1 aliphatic rings. The normalized spacial score (nSPS) is 17.3. The summed E-state index contributed by atoms with van der Waals surface area (Å²) < 4.78 is 1.89. The van der Waals surface area contributed by atoms with Crippen LogP contribution in [0, 0.1) is 25.2 Å². The van der Waals surface area contributed by atoms with Crippen LogP contribution in [0.3, 0.4) is 0 Å². The average Bonchev–Trinajstić information content (AvgIpc) is 3.16. The lowest BCUT2D eigenvalue weighted by molar-refractivity contribution is 0.0715. The number of nitriles is 1. The number of hydrogen-bond acceptors (Lipinski definition) is 4. The maximum atomic E-state index is 12.8. The van der Waals surface area contributed by atoms with Crippen molar-refractivity contribution in [2.45, 2.75) is 39.3 Å². The first-order valence-electron chi connectivity index (χ1n) is 7.76. The predicted octanol–water partition coefficient (Wildman–Crippen LogP) is 2.07. The summed E-state index contributed by atoms with van der Waals surface area (Å²) in [6.45, 7) is 5.20. The van der Waals surface area contributed by atoms with Crippen LogP contribution in [0.4, 0.5) is 0 Å². The maximum absolute atomic E-state index is 12.8. The van der Waals surface area contributed by atoms with Crippen LogP contribution in [0.15, 0.2) is 24.5 Å². The Morgan fingerprint density at radius 3 is 2.91 bits per heavy atom. The van der Waals surface area contributed by atoms with Gasteiger partial charge >= 0.3 is 0 Å². The van der Waals surface area contributed by atoms with Gasteiger partial charge in [-0.05, 0) is 44.4 Å². The quantitative estimate of drug-likeness (QED) is 0.870. The van der Waals surface area contributed by atoms with Crippen molar-refractivity contribution in [3.63, 3.8) is 0 Å². The van der Waals surface area contributed by atoms with Crippen LogP contribution in [0.25, 0.3) is 0 Å². The van der Waals surface area contributed by atoms with Gasteiger partial charge in [0.15, 0.2) is 0 Å². The highest BCUT2D eigenvalue weighted by molar-refractivity contribution is 5.92. The van der Waals surface area contributed by atoms with Gasteiger partial charge in [-0.25, -0.2) is 4.98 Å². The second kappa shape index (κ2) is 6.21. The molecule has 0 aromatic carbocycles. The molecule has 23 heavy (non-hydrogen) atoms. The summed E-state index contributed by atoms with van der Waals surface area (Å²) in [5, 5.41) is 13.3. The largest absolute Gasteiger partial charge is 0.332 e. The summed E-state index contributed by atoms with van der Waals surface area (Å²) in [7, 11) is 0. The van der Waals surface area contributed by atoms with Gasteiger partial charge in [0, 0.05) is 12.7 Å². The van der Waals surface area contributed by atoms with E-state index in [1.807, 2.05) is 28.9 Å². The minimum Gasteiger partial charge on any atom is -0.332 e. The summed E-state index contributed by atoms with van der Waals surface area (Å²) >= 11 is 0. The van der Waals surface area contributed by atoms with Gasteiger partial charge in [0.2, 0.25) is 0 Å². The lowest BCUT2D eigenvalue weighted by Crippen LogP contribution is -2.38. The van der Waals surface area contributed by atoms with Crippen LogP contribution in [0.2, 0.25) is 0 Å². The molecular weight excluding hydrogens is 290 g/mol. The number of amides is 1. The summed E-state index contributed by atoms with van der Waals surface area (Å²) in [4.78, 5) is 18.9. The lowest BCUT2D eigenvalue weighted by atomic mass is 10.2. The van der Waals surface area contributed by atoms with E-state index < -0.39 is 0 Å². The molecule has 0 saturated carbocycles. The van der Waals surface area contributed by atoms with E-state index in [0.717, 1.165) is 24.9 Å². The van der Waals surface area contributed by atoms with Crippen LogP contribution in [-0.4, -0.2) is 38.2 Å². The van der Waals surface area contributed by atoms with E-state index in [-0.39, 0.29) is 11.9 Å². The van der Waals surface area contributed by atoms with Crippen molar-refractivity contribution in [3.05, 3.63) is 47.0 Å². The Morgan fingerprint density at radius 1 is 1.43 bits per heavy atom. The number of hydrogen-bond donors (Lipinski definition) is 0. The number of aryl methyl sites for hydroxylation is 2. The Balaban J connectivity index is 1.78.